The van der Waals surface area contributed by atoms with E-state index in [2.05, 4.69) is 18.2 Å². The molecular formula is C24H27O4P. The first-order valence-corrected chi connectivity index (χ1v) is 11.5. The highest BCUT2D eigenvalue weighted by Gasteiger charge is 2.14. The van der Waals surface area contributed by atoms with Gasteiger partial charge in [0.25, 0.3) is 0 Å². The van der Waals surface area contributed by atoms with Crippen LogP contribution in [-0.2, 0) is 23.8 Å². The first-order valence-electron chi connectivity index (χ1n) is 9.69. The molecule has 152 valence electrons. The number of phenolic OH excluding ortho intramolecular Hbond substituents is 1. The van der Waals surface area contributed by atoms with E-state index < -0.39 is 7.60 Å². The molecular weight excluding hydrogens is 383 g/mol. The van der Waals surface area contributed by atoms with Gasteiger partial charge in [-0.05, 0) is 71.7 Å². The molecule has 0 radical (unpaired) electrons. The Morgan fingerprint density at radius 2 is 1.45 bits per heavy atom. The van der Waals surface area contributed by atoms with E-state index in [1.165, 1.54) is 5.56 Å². The summed E-state index contributed by atoms with van der Waals surface area (Å²) in [5.74, 6) is 0.304. The molecule has 0 aliphatic heterocycles. The Bertz CT molecular complexity index is 1010. The number of rotatable bonds is 7. The third-order valence-corrected chi connectivity index (χ3v) is 6.02. The zero-order valence-corrected chi connectivity index (χ0v) is 17.7. The van der Waals surface area contributed by atoms with Gasteiger partial charge in [0.2, 0.25) is 0 Å². The van der Waals surface area contributed by atoms with Crippen LogP contribution in [0, 0.1) is 13.8 Å². The topological polar surface area (TPSA) is 77.8 Å². The number of aryl methyl sites for hydroxylation is 3. The van der Waals surface area contributed by atoms with Crippen molar-refractivity contribution in [1.29, 1.82) is 0 Å². The fraction of sp³-hybridized carbons (Fsp3) is 0.250. The summed E-state index contributed by atoms with van der Waals surface area (Å²) < 4.78 is 11.1. The van der Waals surface area contributed by atoms with Crippen LogP contribution in [0.3, 0.4) is 0 Å². The van der Waals surface area contributed by atoms with E-state index in [9.17, 15) is 9.67 Å². The van der Waals surface area contributed by atoms with E-state index in [-0.39, 0.29) is 6.16 Å². The normalized spacial score (nSPS) is 11.6. The predicted octanol–water partition coefficient (Wildman–Crippen LogP) is 4.91. The summed E-state index contributed by atoms with van der Waals surface area (Å²) in [5, 5.41) is 10.3. The van der Waals surface area contributed by atoms with Gasteiger partial charge in [0.1, 0.15) is 5.75 Å². The summed E-state index contributed by atoms with van der Waals surface area (Å²) in [6.45, 7) is 4.07. The zero-order valence-electron chi connectivity index (χ0n) is 16.8. The molecule has 0 heterocycles. The van der Waals surface area contributed by atoms with Gasteiger partial charge in [0, 0.05) is 6.42 Å². The van der Waals surface area contributed by atoms with Gasteiger partial charge in [-0.25, -0.2) is 0 Å². The van der Waals surface area contributed by atoms with Crippen LogP contribution in [0.15, 0.2) is 60.7 Å². The average Bonchev–Trinajstić information content (AvgIpc) is 2.66. The van der Waals surface area contributed by atoms with Crippen molar-refractivity contribution in [3.8, 4) is 5.75 Å². The van der Waals surface area contributed by atoms with Crippen LogP contribution in [0.25, 0.3) is 0 Å². The minimum atomic E-state index is -3.99. The third-order valence-electron chi connectivity index (χ3n) is 5.21. The van der Waals surface area contributed by atoms with Crippen molar-refractivity contribution in [2.45, 2.75) is 33.1 Å². The summed E-state index contributed by atoms with van der Waals surface area (Å²) in [4.78, 5) is 18.2. The summed E-state index contributed by atoms with van der Waals surface area (Å²) in [6.07, 6.45) is 1.66. The van der Waals surface area contributed by atoms with Crippen molar-refractivity contribution >= 4 is 7.60 Å². The molecule has 0 fully saturated rings. The van der Waals surface area contributed by atoms with Crippen LogP contribution >= 0.6 is 7.60 Å². The van der Waals surface area contributed by atoms with Gasteiger partial charge in [-0.3, -0.25) is 4.57 Å². The summed E-state index contributed by atoms with van der Waals surface area (Å²) in [7, 11) is -3.99. The van der Waals surface area contributed by atoms with Crippen molar-refractivity contribution in [2.75, 3.05) is 6.16 Å². The summed E-state index contributed by atoms with van der Waals surface area (Å²) in [6, 6.07) is 19.9. The Kier molecular flexibility index (Phi) is 6.59. The molecule has 4 nitrogen and oxygen atoms in total. The van der Waals surface area contributed by atoms with Gasteiger partial charge in [-0.1, -0.05) is 54.6 Å². The minimum Gasteiger partial charge on any atom is -0.508 e. The Balaban J connectivity index is 1.81. The standard InChI is InChI=1S/C24H27O4P/c1-17-12-21(10-11-29(26,27)28)13-18(2)23(17)16-20-8-9-24(25)22(15-20)14-19-6-4-3-5-7-19/h3-9,12-13,15,25H,10-11,14,16H2,1-2H3,(H2,26,27,28). The first kappa shape index (κ1) is 21.3. The quantitative estimate of drug-likeness (QED) is 0.484. The predicted molar refractivity (Wildman–Crippen MR) is 117 cm³/mol. The van der Waals surface area contributed by atoms with Crippen molar-refractivity contribution in [2.24, 2.45) is 0 Å². The zero-order chi connectivity index (χ0) is 21.0. The van der Waals surface area contributed by atoms with E-state index in [0.717, 1.165) is 39.8 Å². The van der Waals surface area contributed by atoms with E-state index in [1.54, 1.807) is 6.07 Å². The van der Waals surface area contributed by atoms with Crippen LogP contribution in [0.4, 0.5) is 0 Å². The minimum absolute atomic E-state index is 0.133. The second kappa shape index (κ2) is 8.96. The van der Waals surface area contributed by atoms with Crippen molar-refractivity contribution < 1.29 is 19.5 Å². The van der Waals surface area contributed by atoms with Crippen LogP contribution < -0.4 is 0 Å². The van der Waals surface area contributed by atoms with Gasteiger partial charge in [0.15, 0.2) is 0 Å². The lowest BCUT2D eigenvalue weighted by Gasteiger charge is -2.14. The Labute approximate surface area is 172 Å². The molecule has 0 aliphatic rings. The summed E-state index contributed by atoms with van der Waals surface area (Å²) >= 11 is 0. The molecule has 0 spiro atoms. The third kappa shape index (κ3) is 6.04. The molecule has 3 N–H and O–H groups in total. The molecule has 0 aromatic heterocycles. The lowest BCUT2D eigenvalue weighted by molar-refractivity contribution is 0.373. The molecule has 0 bridgehead atoms. The van der Waals surface area contributed by atoms with Crippen molar-refractivity contribution in [1.82, 2.24) is 0 Å². The van der Waals surface area contributed by atoms with Crippen LogP contribution in [0.2, 0.25) is 0 Å². The number of aromatic hydroxyl groups is 1. The van der Waals surface area contributed by atoms with Crippen LogP contribution in [-0.4, -0.2) is 21.1 Å². The SMILES string of the molecule is Cc1cc(CCP(=O)(O)O)cc(C)c1Cc1ccc(O)c(Cc2ccccc2)c1. The van der Waals surface area contributed by atoms with Gasteiger partial charge in [-0.15, -0.1) is 0 Å². The molecule has 29 heavy (non-hydrogen) atoms. The molecule has 5 heteroatoms. The van der Waals surface area contributed by atoms with Crippen LogP contribution in [0.1, 0.15) is 38.9 Å². The molecule has 3 aromatic carbocycles. The van der Waals surface area contributed by atoms with Crippen molar-refractivity contribution in [3.63, 3.8) is 0 Å². The number of phenols is 1. The highest BCUT2D eigenvalue weighted by atomic mass is 31.2. The number of hydrogen-bond acceptors (Lipinski definition) is 2. The molecule has 0 amide bonds. The maximum atomic E-state index is 11.1. The molecule has 0 saturated carbocycles. The summed E-state index contributed by atoms with van der Waals surface area (Å²) in [5.41, 5.74) is 7.57. The van der Waals surface area contributed by atoms with E-state index in [4.69, 9.17) is 9.79 Å². The highest BCUT2D eigenvalue weighted by Crippen LogP contribution is 2.35. The lowest BCUT2D eigenvalue weighted by Crippen LogP contribution is -2.01. The van der Waals surface area contributed by atoms with Gasteiger partial charge < -0.3 is 14.9 Å². The maximum absolute atomic E-state index is 11.1. The maximum Gasteiger partial charge on any atom is 0.325 e. The molecule has 3 aromatic rings. The van der Waals surface area contributed by atoms with Gasteiger partial charge in [0.05, 0.1) is 6.16 Å². The average molecular weight is 410 g/mol. The van der Waals surface area contributed by atoms with Crippen LogP contribution in [0.5, 0.6) is 5.75 Å². The smallest absolute Gasteiger partial charge is 0.325 e. The van der Waals surface area contributed by atoms with Crippen molar-refractivity contribution in [3.05, 3.63) is 99.6 Å². The number of hydrogen-bond donors (Lipinski definition) is 3. The second-order valence-electron chi connectivity index (χ2n) is 7.65. The molecule has 0 aliphatic carbocycles. The fourth-order valence-corrected chi connectivity index (χ4v) is 4.24. The van der Waals surface area contributed by atoms with E-state index >= 15 is 0 Å². The van der Waals surface area contributed by atoms with Gasteiger partial charge >= 0.3 is 7.60 Å². The molecule has 0 atom stereocenters. The fourth-order valence-electron chi connectivity index (χ4n) is 3.69. The molecule has 3 rings (SSSR count). The van der Waals surface area contributed by atoms with E-state index in [0.29, 0.717) is 18.6 Å². The monoisotopic (exact) mass is 410 g/mol. The number of benzene rings is 3. The Morgan fingerprint density at radius 1 is 0.793 bits per heavy atom. The first-order chi connectivity index (χ1) is 13.7. The Hall–Kier alpha value is -2.39. The van der Waals surface area contributed by atoms with E-state index in [1.807, 2.05) is 50.2 Å². The highest BCUT2D eigenvalue weighted by molar-refractivity contribution is 7.51. The Morgan fingerprint density at radius 3 is 2.07 bits per heavy atom. The second-order valence-corrected chi connectivity index (χ2v) is 9.43. The molecule has 0 saturated heterocycles. The molecule has 0 unspecified atom stereocenters. The lowest BCUT2D eigenvalue weighted by atomic mass is 9.92. The van der Waals surface area contributed by atoms with Gasteiger partial charge in [-0.2, -0.15) is 0 Å². The largest absolute Gasteiger partial charge is 0.508 e.